The number of hydrogen-bond acceptors (Lipinski definition) is 7. The summed E-state index contributed by atoms with van der Waals surface area (Å²) in [5, 5.41) is 15.5. The number of alkyl halides is 3. The average molecular weight is 518 g/mol. The van der Waals surface area contributed by atoms with Crippen molar-refractivity contribution in [2.75, 3.05) is 24.4 Å². The number of nitro groups is 1. The van der Waals surface area contributed by atoms with E-state index in [9.17, 15) is 37.7 Å². The minimum Gasteiger partial charge on any atom is -0.497 e. The fraction of sp³-hybridized carbons (Fsp3) is 0.286. The van der Waals surface area contributed by atoms with Gasteiger partial charge < -0.3 is 20.1 Å². The number of nitro benzene ring substituents is 1. The summed E-state index contributed by atoms with van der Waals surface area (Å²) in [6.07, 6.45) is -5.14. The predicted molar refractivity (Wildman–Crippen MR) is 118 cm³/mol. The molecule has 0 bridgehead atoms. The molecule has 0 saturated heterocycles. The topological polar surface area (TPSA) is 137 Å². The van der Waals surface area contributed by atoms with Crippen LogP contribution < -0.4 is 15.4 Å². The molecular formula is C21H19ClF3N3O7. The third-order valence-corrected chi connectivity index (χ3v) is 4.72. The Morgan fingerprint density at radius 2 is 1.71 bits per heavy atom. The molecule has 0 radical (unpaired) electrons. The number of halogens is 4. The number of nitrogens with zero attached hydrogens (tertiary/aromatic N) is 1. The molecule has 0 atom stereocenters. The first-order chi connectivity index (χ1) is 16.4. The summed E-state index contributed by atoms with van der Waals surface area (Å²) in [6.45, 7) is -0.737. The number of ether oxygens (including phenoxy) is 2. The van der Waals surface area contributed by atoms with Gasteiger partial charge in [0, 0.05) is 25.0 Å². The number of carbonyl (C=O) groups is 3. The maximum Gasteiger partial charge on any atom is 0.416 e. The summed E-state index contributed by atoms with van der Waals surface area (Å²) in [4.78, 5) is 46.2. The van der Waals surface area contributed by atoms with Gasteiger partial charge in [-0.15, -0.1) is 0 Å². The van der Waals surface area contributed by atoms with Gasteiger partial charge in [0.05, 0.1) is 28.3 Å². The first-order valence-electron chi connectivity index (χ1n) is 9.85. The molecule has 0 aliphatic heterocycles. The fourth-order valence-corrected chi connectivity index (χ4v) is 2.87. The minimum absolute atomic E-state index is 0.0236. The zero-order chi connectivity index (χ0) is 26.2. The summed E-state index contributed by atoms with van der Waals surface area (Å²) >= 11 is 5.81. The summed E-state index contributed by atoms with van der Waals surface area (Å²) in [5.74, 6) is -2.09. The van der Waals surface area contributed by atoms with Crippen LogP contribution in [-0.2, 0) is 25.3 Å². The Hall–Kier alpha value is -3.87. The number of anilines is 2. The van der Waals surface area contributed by atoms with Crippen molar-refractivity contribution in [2.24, 2.45) is 0 Å². The molecule has 0 aliphatic rings. The summed E-state index contributed by atoms with van der Waals surface area (Å²) in [6, 6.07) is 6.18. The van der Waals surface area contributed by atoms with Gasteiger partial charge in [-0.05, 0) is 30.7 Å². The quantitative estimate of drug-likeness (QED) is 0.267. The lowest BCUT2D eigenvalue weighted by Crippen LogP contribution is -2.21. The van der Waals surface area contributed by atoms with Crippen molar-refractivity contribution in [3.8, 4) is 5.75 Å². The van der Waals surface area contributed by atoms with E-state index >= 15 is 0 Å². The maximum atomic E-state index is 12.8. The standard InChI is InChI=1S/C21H19ClF3N3O7/c1-34-13-6-8-17(28(32)33)16(10-13)27-19(30)11-35-20(31)4-2-3-18(29)26-15-9-12(21(23,24)25)5-7-14(15)22/h5-10H,2-4,11H2,1H3,(H,26,29)(H,27,30). The zero-order valence-electron chi connectivity index (χ0n) is 18.1. The van der Waals surface area contributed by atoms with Gasteiger partial charge in [-0.2, -0.15) is 13.2 Å². The molecule has 0 aromatic heterocycles. The number of amides is 2. The van der Waals surface area contributed by atoms with E-state index in [0.717, 1.165) is 18.2 Å². The number of esters is 1. The Bertz CT molecular complexity index is 1130. The molecule has 0 unspecified atom stereocenters. The summed E-state index contributed by atoms with van der Waals surface area (Å²) in [5.41, 5.74) is -1.76. The number of methoxy groups -OCH3 is 1. The fourth-order valence-electron chi connectivity index (χ4n) is 2.71. The van der Waals surface area contributed by atoms with Gasteiger partial charge in [-0.1, -0.05) is 11.6 Å². The van der Waals surface area contributed by atoms with E-state index < -0.39 is 46.7 Å². The molecular weight excluding hydrogens is 499 g/mol. The van der Waals surface area contributed by atoms with Crippen LogP contribution >= 0.6 is 11.6 Å². The van der Waals surface area contributed by atoms with Crippen LogP contribution in [0.1, 0.15) is 24.8 Å². The zero-order valence-corrected chi connectivity index (χ0v) is 18.9. The van der Waals surface area contributed by atoms with Crippen molar-refractivity contribution in [1.29, 1.82) is 0 Å². The van der Waals surface area contributed by atoms with Gasteiger partial charge >= 0.3 is 12.1 Å². The number of hydrogen-bond donors (Lipinski definition) is 2. The molecule has 10 nitrogen and oxygen atoms in total. The van der Waals surface area contributed by atoms with Crippen LogP contribution in [0.3, 0.4) is 0 Å². The van der Waals surface area contributed by atoms with Gasteiger partial charge in [0.25, 0.3) is 11.6 Å². The second kappa shape index (κ2) is 12.0. The Morgan fingerprint density at radius 3 is 2.34 bits per heavy atom. The van der Waals surface area contributed by atoms with Crippen LogP contribution in [0.4, 0.5) is 30.2 Å². The summed E-state index contributed by atoms with van der Waals surface area (Å²) in [7, 11) is 1.34. The molecule has 2 rings (SSSR count). The Kier molecular flexibility index (Phi) is 9.40. The van der Waals surface area contributed by atoms with Crippen LogP contribution in [0.15, 0.2) is 36.4 Å². The normalized spacial score (nSPS) is 10.9. The third kappa shape index (κ3) is 8.45. The number of carbonyl (C=O) groups excluding carboxylic acids is 3. The highest BCUT2D eigenvalue weighted by molar-refractivity contribution is 6.33. The van der Waals surface area contributed by atoms with E-state index in [1.165, 1.54) is 19.2 Å². The summed E-state index contributed by atoms with van der Waals surface area (Å²) < 4.78 is 48.1. The highest BCUT2D eigenvalue weighted by atomic mass is 35.5. The second-order valence-corrected chi connectivity index (χ2v) is 7.35. The highest BCUT2D eigenvalue weighted by Crippen LogP contribution is 2.34. The van der Waals surface area contributed by atoms with E-state index in [1.807, 2.05) is 0 Å². The minimum atomic E-state index is -4.61. The van der Waals surface area contributed by atoms with Gasteiger partial charge in [-0.3, -0.25) is 24.5 Å². The second-order valence-electron chi connectivity index (χ2n) is 6.94. The van der Waals surface area contributed by atoms with E-state index in [2.05, 4.69) is 10.6 Å². The molecule has 35 heavy (non-hydrogen) atoms. The van der Waals surface area contributed by atoms with Crippen molar-refractivity contribution in [3.63, 3.8) is 0 Å². The van der Waals surface area contributed by atoms with Gasteiger partial charge in [0.2, 0.25) is 5.91 Å². The Labute approximate surface area is 201 Å². The van der Waals surface area contributed by atoms with Crippen LogP contribution in [0, 0.1) is 10.1 Å². The lowest BCUT2D eigenvalue weighted by Gasteiger charge is -2.11. The SMILES string of the molecule is COc1ccc([N+](=O)[O-])c(NC(=O)COC(=O)CCCC(=O)Nc2cc(C(F)(F)F)ccc2Cl)c1. The molecule has 0 saturated carbocycles. The maximum absolute atomic E-state index is 12.8. The first kappa shape index (κ1) is 27.4. The molecule has 0 spiro atoms. The van der Waals surface area contributed by atoms with Crippen LogP contribution in [-0.4, -0.2) is 36.4 Å². The molecule has 2 aromatic rings. The van der Waals surface area contributed by atoms with Crippen molar-refractivity contribution >= 4 is 46.4 Å². The van der Waals surface area contributed by atoms with Crippen molar-refractivity contribution in [1.82, 2.24) is 0 Å². The smallest absolute Gasteiger partial charge is 0.416 e. The van der Waals surface area contributed by atoms with Gasteiger partial charge in [0.1, 0.15) is 11.4 Å². The molecule has 2 N–H and O–H groups in total. The Morgan fingerprint density at radius 1 is 1.03 bits per heavy atom. The molecule has 0 fully saturated rings. The van der Waals surface area contributed by atoms with E-state index in [0.29, 0.717) is 6.07 Å². The van der Waals surface area contributed by atoms with Gasteiger partial charge in [-0.25, -0.2) is 0 Å². The lowest BCUT2D eigenvalue weighted by molar-refractivity contribution is -0.383. The van der Waals surface area contributed by atoms with Crippen LogP contribution in [0.2, 0.25) is 5.02 Å². The van der Waals surface area contributed by atoms with Crippen molar-refractivity contribution in [3.05, 3.63) is 57.1 Å². The van der Waals surface area contributed by atoms with E-state index in [-0.39, 0.29) is 41.4 Å². The van der Waals surface area contributed by atoms with E-state index in [1.54, 1.807) is 0 Å². The largest absolute Gasteiger partial charge is 0.497 e. The number of benzene rings is 2. The van der Waals surface area contributed by atoms with Crippen LogP contribution in [0.5, 0.6) is 5.75 Å². The Balaban J connectivity index is 1.80. The third-order valence-electron chi connectivity index (χ3n) is 4.39. The predicted octanol–water partition coefficient (Wildman–Crippen LogP) is 4.57. The first-order valence-corrected chi connectivity index (χ1v) is 10.2. The van der Waals surface area contributed by atoms with E-state index in [4.69, 9.17) is 21.1 Å². The molecule has 188 valence electrons. The molecule has 0 heterocycles. The molecule has 14 heteroatoms. The molecule has 2 aromatic carbocycles. The lowest BCUT2D eigenvalue weighted by atomic mass is 10.2. The van der Waals surface area contributed by atoms with Gasteiger partial charge in [0.15, 0.2) is 6.61 Å². The molecule has 2 amide bonds. The average Bonchev–Trinajstić information content (AvgIpc) is 2.78. The van der Waals surface area contributed by atoms with Crippen molar-refractivity contribution in [2.45, 2.75) is 25.4 Å². The van der Waals surface area contributed by atoms with Crippen LogP contribution in [0.25, 0.3) is 0 Å². The highest BCUT2D eigenvalue weighted by Gasteiger charge is 2.31. The van der Waals surface area contributed by atoms with Crippen molar-refractivity contribution < 1.29 is 42.0 Å². The molecule has 0 aliphatic carbocycles. The number of nitrogens with one attached hydrogen (secondary N) is 2. The number of rotatable bonds is 10. The monoisotopic (exact) mass is 517 g/mol.